The third-order valence-electron chi connectivity index (χ3n) is 5.95. The summed E-state index contributed by atoms with van der Waals surface area (Å²) in [5.74, 6) is 0.132. The van der Waals surface area contributed by atoms with E-state index >= 15 is 0 Å². The standard InChI is InChI=1S/C23H29N3O2/c1-19-21(9-12-24-19)22(27)26-14-10-23(11-15-26)18-25(16-17-28-23)13-5-8-20-6-3-2-4-7-20/h2-9,12,24H,10-11,13-18H2,1H3/b8-5+. The van der Waals surface area contributed by atoms with Crippen LogP contribution in [0.2, 0.25) is 0 Å². The van der Waals surface area contributed by atoms with Crippen LogP contribution in [0.1, 0.15) is 34.5 Å². The van der Waals surface area contributed by atoms with Crippen molar-refractivity contribution < 1.29 is 9.53 Å². The molecule has 3 heterocycles. The molecule has 1 aromatic heterocycles. The Kier molecular flexibility index (Phi) is 5.64. The van der Waals surface area contributed by atoms with E-state index in [1.807, 2.05) is 30.2 Å². The zero-order valence-electron chi connectivity index (χ0n) is 16.6. The van der Waals surface area contributed by atoms with Gasteiger partial charge in [-0.15, -0.1) is 0 Å². The summed E-state index contributed by atoms with van der Waals surface area (Å²) in [4.78, 5) is 20.3. The zero-order chi connectivity index (χ0) is 19.4. The SMILES string of the molecule is Cc1[nH]ccc1C(=O)N1CCC2(CC1)CN(C/C=C/c1ccccc1)CCO2. The number of likely N-dealkylation sites (tertiary alicyclic amines) is 1. The molecule has 0 radical (unpaired) electrons. The molecule has 4 rings (SSSR count). The number of carbonyl (C=O) groups excluding carboxylic acids is 1. The van der Waals surface area contributed by atoms with E-state index in [0.717, 1.165) is 63.4 Å². The number of rotatable bonds is 4. The summed E-state index contributed by atoms with van der Waals surface area (Å²) in [6, 6.07) is 12.3. The van der Waals surface area contributed by atoms with Crippen molar-refractivity contribution in [2.24, 2.45) is 0 Å². The van der Waals surface area contributed by atoms with Crippen LogP contribution in [0.15, 0.2) is 48.7 Å². The van der Waals surface area contributed by atoms with E-state index < -0.39 is 0 Å². The van der Waals surface area contributed by atoms with E-state index in [2.05, 4.69) is 46.3 Å². The van der Waals surface area contributed by atoms with Crippen LogP contribution in [0.25, 0.3) is 6.08 Å². The number of aryl methyl sites for hydroxylation is 1. The van der Waals surface area contributed by atoms with E-state index in [4.69, 9.17) is 4.74 Å². The first-order chi connectivity index (χ1) is 13.7. The number of hydrogen-bond acceptors (Lipinski definition) is 3. The second-order valence-electron chi connectivity index (χ2n) is 7.89. The predicted molar refractivity (Wildman–Crippen MR) is 111 cm³/mol. The highest BCUT2D eigenvalue weighted by atomic mass is 16.5. The third-order valence-corrected chi connectivity index (χ3v) is 5.95. The Labute approximate surface area is 167 Å². The Morgan fingerprint density at radius 3 is 2.68 bits per heavy atom. The molecule has 5 nitrogen and oxygen atoms in total. The first-order valence-corrected chi connectivity index (χ1v) is 10.2. The molecule has 2 aliphatic heterocycles. The van der Waals surface area contributed by atoms with Crippen molar-refractivity contribution in [2.75, 3.05) is 39.3 Å². The highest BCUT2D eigenvalue weighted by Crippen LogP contribution is 2.31. The van der Waals surface area contributed by atoms with Gasteiger partial charge in [-0.1, -0.05) is 42.5 Å². The molecule has 0 bridgehead atoms. The zero-order valence-corrected chi connectivity index (χ0v) is 16.6. The quantitative estimate of drug-likeness (QED) is 0.886. The monoisotopic (exact) mass is 379 g/mol. The second-order valence-corrected chi connectivity index (χ2v) is 7.89. The minimum atomic E-state index is -0.108. The Hall–Kier alpha value is -2.37. The van der Waals surface area contributed by atoms with Crippen LogP contribution in [0.4, 0.5) is 0 Å². The van der Waals surface area contributed by atoms with Crippen LogP contribution in [0.5, 0.6) is 0 Å². The van der Waals surface area contributed by atoms with E-state index in [9.17, 15) is 4.79 Å². The molecule has 1 aromatic carbocycles. The van der Waals surface area contributed by atoms with Crippen LogP contribution in [-0.4, -0.2) is 65.6 Å². The number of morpholine rings is 1. The number of amides is 1. The molecule has 2 aliphatic rings. The maximum atomic E-state index is 12.7. The first-order valence-electron chi connectivity index (χ1n) is 10.2. The van der Waals surface area contributed by atoms with Gasteiger partial charge in [0.1, 0.15) is 0 Å². The molecule has 1 spiro atoms. The highest BCUT2D eigenvalue weighted by molar-refractivity contribution is 5.95. The molecule has 0 aliphatic carbocycles. The van der Waals surface area contributed by atoms with Gasteiger partial charge in [-0.25, -0.2) is 0 Å². The summed E-state index contributed by atoms with van der Waals surface area (Å²) in [5.41, 5.74) is 2.85. The number of nitrogens with one attached hydrogen (secondary N) is 1. The molecule has 0 atom stereocenters. The summed E-state index contributed by atoms with van der Waals surface area (Å²) in [7, 11) is 0. The number of hydrogen-bond donors (Lipinski definition) is 1. The predicted octanol–water partition coefficient (Wildman–Crippen LogP) is 3.34. The lowest BCUT2D eigenvalue weighted by Gasteiger charge is -2.47. The highest BCUT2D eigenvalue weighted by Gasteiger charge is 2.40. The van der Waals surface area contributed by atoms with Crippen LogP contribution >= 0.6 is 0 Å². The minimum absolute atomic E-state index is 0.108. The van der Waals surface area contributed by atoms with Gasteiger partial charge in [-0.3, -0.25) is 9.69 Å². The number of H-pyrrole nitrogens is 1. The maximum absolute atomic E-state index is 12.7. The normalized spacial score (nSPS) is 20.1. The third kappa shape index (κ3) is 4.21. The number of benzene rings is 1. The largest absolute Gasteiger partial charge is 0.372 e. The Morgan fingerprint density at radius 1 is 1.18 bits per heavy atom. The second kappa shape index (κ2) is 8.33. The van der Waals surface area contributed by atoms with Crippen LogP contribution in [0.3, 0.4) is 0 Å². The Morgan fingerprint density at radius 2 is 1.96 bits per heavy atom. The molecule has 28 heavy (non-hydrogen) atoms. The number of aromatic nitrogens is 1. The summed E-state index contributed by atoms with van der Waals surface area (Å²) >= 11 is 0. The number of ether oxygens (including phenoxy) is 1. The molecule has 2 aromatic rings. The van der Waals surface area contributed by atoms with Crippen molar-refractivity contribution >= 4 is 12.0 Å². The minimum Gasteiger partial charge on any atom is -0.372 e. The molecule has 5 heteroatoms. The van der Waals surface area contributed by atoms with Crippen molar-refractivity contribution in [3.8, 4) is 0 Å². The van der Waals surface area contributed by atoms with Gasteiger partial charge in [0, 0.05) is 44.6 Å². The van der Waals surface area contributed by atoms with E-state index in [-0.39, 0.29) is 11.5 Å². The Bertz CT molecular complexity index is 819. The van der Waals surface area contributed by atoms with Crippen LogP contribution in [-0.2, 0) is 4.74 Å². The molecule has 0 saturated carbocycles. The molecule has 2 fully saturated rings. The first kappa shape index (κ1) is 19.0. The summed E-state index contributed by atoms with van der Waals surface area (Å²) in [6.07, 6.45) is 8.06. The molecule has 1 N–H and O–H groups in total. The Balaban J connectivity index is 1.31. The summed E-state index contributed by atoms with van der Waals surface area (Å²) in [5, 5.41) is 0. The van der Waals surface area contributed by atoms with E-state index in [1.165, 1.54) is 5.56 Å². The number of aromatic amines is 1. The number of carbonyl (C=O) groups is 1. The van der Waals surface area contributed by atoms with Crippen molar-refractivity contribution in [2.45, 2.75) is 25.4 Å². The van der Waals surface area contributed by atoms with Gasteiger partial charge in [0.05, 0.1) is 17.8 Å². The summed E-state index contributed by atoms with van der Waals surface area (Å²) < 4.78 is 6.23. The van der Waals surface area contributed by atoms with Crippen molar-refractivity contribution in [1.29, 1.82) is 0 Å². The lowest BCUT2D eigenvalue weighted by molar-refractivity contribution is -0.130. The lowest BCUT2D eigenvalue weighted by atomic mass is 9.89. The van der Waals surface area contributed by atoms with Gasteiger partial charge in [0.15, 0.2) is 0 Å². The van der Waals surface area contributed by atoms with Crippen molar-refractivity contribution in [3.05, 3.63) is 65.5 Å². The van der Waals surface area contributed by atoms with Crippen LogP contribution < -0.4 is 0 Å². The topological polar surface area (TPSA) is 48.6 Å². The number of piperidine rings is 1. The smallest absolute Gasteiger partial charge is 0.255 e. The van der Waals surface area contributed by atoms with Crippen LogP contribution in [0, 0.1) is 6.92 Å². The maximum Gasteiger partial charge on any atom is 0.255 e. The fraction of sp³-hybridized carbons (Fsp3) is 0.435. The average molecular weight is 380 g/mol. The molecular weight excluding hydrogens is 350 g/mol. The van der Waals surface area contributed by atoms with Gasteiger partial charge in [0.25, 0.3) is 5.91 Å². The van der Waals surface area contributed by atoms with E-state index in [1.54, 1.807) is 0 Å². The fourth-order valence-electron chi connectivity index (χ4n) is 4.26. The molecule has 1 amide bonds. The molecular formula is C23H29N3O2. The van der Waals surface area contributed by atoms with E-state index in [0.29, 0.717) is 0 Å². The van der Waals surface area contributed by atoms with Gasteiger partial charge in [-0.2, -0.15) is 0 Å². The fourth-order valence-corrected chi connectivity index (χ4v) is 4.26. The van der Waals surface area contributed by atoms with Gasteiger partial charge >= 0.3 is 0 Å². The number of nitrogens with zero attached hydrogens (tertiary/aromatic N) is 2. The van der Waals surface area contributed by atoms with Crippen molar-refractivity contribution in [1.82, 2.24) is 14.8 Å². The van der Waals surface area contributed by atoms with Crippen molar-refractivity contribution in [3.63, 3.8) is 0 Å². The summed E-state index contributed by atoms with van der Waals surface area (Å²) in [6.45, 7) is 7.08. The van der Waals surface area contributed by atoms with Gasteiger partial charge in [-0.05, 0) is 31.4 Å². The lowest BCUT2D eigenvalue weighted by Crippen LogP contribution is -2.57. The van der Waals surface area contributed by atoms with Gasteiger partial charge < -0.3 is 14.6 Å². The molecule has 148 valence electrons. The van der Waals surface area contributed by atoms with Gasteiger partial charge in [0.2, 0.25) is 0 Å². The molecule has 0 unspecified atom stereocenters. The molecule has 2 saturated heterocycles. The average Bonchev–Trinajstić information content (AvgIpc) is 3.15.